The Kier molecular flexibility index (Phi) is 7.62. The van der Waals surface area contributed by atoms with Gasteiger partial charge >= 0.3 is 6.03 Å². The SMILES string of the molecule is O=C(NCCc1ccccn1)Nc1cccc(COCC2CCCCO2)c1. The Bertz CT molecular complexity index is 703. The van der Waals surface area contributed by atoms with Crippen LogP contribution in [0.2, 0.25) is 0 Å². The smallest absolute Gasteiger partial charge is 0.319 e. The van der Waals surface area contributed by atoms with Crippen LogP contribution in [0.4, 0.5) is 10.5 Å². The van der Waals surface area contributed by atoms with E-state index in [2.05, 4.69) is 15.6 Å². The number of rotatable bonds is 8. The van der Waals surface area contributed by atoms with Crippen LogP contribution in [0.25, 0.3) is 0 Å². The first-order valence-electron chi connectivity index (χ1n) is 9.52. The van der Waals surface area contributed by atoms with Gasteiger partial charge in [-0.25, -0.2) is 4.79 Å². The van der Waals surface area contributed by atoms with Gasteiger partial charge in [-0.05, 0) is 49.1 Å². The molecule has 6 heteroatoms. The molecule has 1 aromatic heterocycles. The lowest BCUT2D eigenvalue weighted by atomic mass is 10.1. The molecule has 6 nitrogen and oxygen atoms in total. The Morgan fingerprint density at radius 3 is 3.00 bits per heavy atom. The normalized spacial score (nSPS) is 16.7. The van der Waals surface area contributed by atoms with Gasteiger partial charge in [-0.15, -0.1) is 0 Å². The zero-order valence-corrected chi connectivity index (χ0v) is 15.5. The van der Waals surface area contributed by atoms with Crippen LogP contribution in [-0.2, 0) is 22.5 Å². The third-order valence-electron chi connectivity index (χ3n) is 4.42. The van der Waals surface area contributed by atoms with E-state index in [0.29, 0.717) is 26.2 Å². The Balaban J connectivity index is 1.38. The van der Waals surface area contributed by atoms with Crippen molar-refractivity contribution in [2.45, 2.75) is 38.4 Å². The van der Waals surface area contributed by atoms with Crippen molar-refractivity contribution in [2.24, 2.45) is 0 Å². The molecule has 1 unspecified atom stereocenters. The number of urea groups is 1. The summed E-state index contributed by atoms with van der Waals surface area (Å²) >= 11 is 0. The second kappa shape index (κ2) is 10.6. The molecule has 144 valence electrons. The maximum atomic E-state index is 12.0. The zero-order valence-electron chi connectivity index (χ0n) is 15.5. The fraction of sp³-hybridized carbons (Fsp3) is 0.429. The molecule has 2 aromatic rings. The molecule has 2 N–H and O–H groups in total. The molecular formula is C21H27N3O3. The highest BCUT2D eigenvalue weighted by Crippen LogP contribution is 2.15. The molecule has 0 radical (unpaired) electrons. The summed E-state index contributed by atoms with van der Waals surface area (Å²) < 4.78 is 11.4. The molecule has 0 bridgehead atoms. The van der Waals surface area contributed by atoms with Crippen molar-refractivity contribution in [2.75, 3.05) is 25.1 Å². The molecule has 1 aliphatic heterocycles. The number of amides is 2. The minimum atomic E-state index is -0.223. The lowest BCUT2D eigenvalue weighted by molar-refractivity contribution is -0.0447. The Morgan fingerprint density at radius 1 is 1.22 bits per heavy atom. The van der Waals surface area contributed by atoms with Crippen LogP contribution < -0.4 is 10.6 Å². The van der Waals surface area contributed by atoms with Crippen molar-refractivity contribution in [3.8, 4) is 0 Å². The summed E-state index contributed by atoms with van der Waals surface area (Å²) in [6, 6.07) is 13.2. The van der Waals surface area contributed by atoms with Crippen LogP contribution in [0.1, 0.15) is 30.5 Å². The Hall–Kier alpha value is -2.44. The highest BCUT2D eigenvalue weighted by molar-refractivity contribution is 5.89. The van der Waals surface area contributed by atoms with E-state index in [-0.39, 0.29) is 12.1 Å². The molecule has 2 amide bonds. The number of nitrogens with zero attached hydrogens (tertiary/aromatic N) is 1. The zero-order chi connectivity index (χ0) is 18.7. The number of ether oxygens (including phenoxy) is 2. The minimum Gasteiger partial charge on any atom is -0.376 e. The number of pyridine rings is 1. The van der Waals surface area contributed by atoms with Gasteiger partial charge < -0.3 is 20.1 Å². The van der Waals surface area contributed by atoms with E-state index in [1.165, 1.54) is 6.42 Å². The first kappa shape index (κ1) is 19.3. The lowest BCUT2D eigenvalue weighted by Gasteiger charge is -2.22. The minimum absolute atomic E-state index is 0.213. The van der Waals surface area contributed by atoms with Crippen LogP contribution >= 0.6 is 0 Å². The number of hydrogen-bond acceptors (Lipinski definition) is 4. The van der Waals surface area contributed by atoms with Crippen LogP contribution in [0.5, 0.6) is 0 Å². The predicted octanol–water partition coefficient (Wildman–Crippen LogP) is 3.53. The van der Waals surface area contributed by atoms with Gasteiger partial charge in [-0.1, -0.05) is 18.2 Å². The third kappa shape index (κ3) is 7.00. The Morgan fingerprint density at radius 2 is 2.19 bits per heavy atom. The molecule has 2 heterocycles. The number of carbonyl (C=O) groups excluding carboxylic acids is 1. The quantitative estimate of drug-likeness (QED) is 0.747. The lowest BCUT2D eigenvalue weighted by Crippen LogP contribution is -2.30. The van der Waals surface area contributed by atoms with E-state index >= 15 is 0 Å². The van der Waals surface area contributed by atoms with E-state index in [4.69, 9.17) is 9.47 Å². The number of anilines is 1. The summed E-state index contributed by atoms with van der Waals surface area (Å²) in [5.74, 6) is 0. The van der Waals surface area contributed by atoms with E-state index < -0.39 is 0 Å². The van der Waals surface area contributed by atoms with Crippen molar-refractivity contribution in [3.05, 3.63) is 59.9 Å². The molecule has 0 saturated carbocycles. The second-order valence-electron chi connectivity index (χ2n) is 6.66. The third-order valence-corrected chi connectivity index (χ3v) is 4.42. The highest BCUT2D eigenvalue weighted by Gasteiger charge is 2.13. The molecule has 0 aliphatic carbocycles. The summed E-state index contributed by atoms with van der Waals surface area (Å²) in [5.41, 5.74) is 2.73. The monoisotopic (exact) mass is 369 g/mol. The fourth-order valence-electron chi connectivity index (χ4n) is 3.01. The first-order valence-corrected chi connectivity index (χ1v) is 9.52. The van der Waals surface area contributed by atoms with Crippen LogP contribution in [0.3, 0.4) is 0 Å². The summed E-state index contributed by atoms with van der Waals surface area (Å²) in [6.07, 6.45) is 6.09. The summed E-state index contributed by atoms with van der Waals surface area (Å²) in [4.78, 5) is 16.3. The molecule has 0 spiro atoms. The van der Waals surface area contributed by atoms with E-state index in [1.807, 2.05) is 42.5 Å². The maximum Gasteiger partial charge on any atom is 0.319 e. The van der Waals surface area contributed by atoms with Crippen molar-refractivity contribution in [1.29, 1.82) is 0 Å². The van der Waals surface area contributed by atoms with Gasteiger partial charge in [0.25, 0.3) is 0 Å². The molecule has 3 rings (SSSR count). The number of nitrogens with one attached hydrogen (secondary N) is 2. The van der Waals surface area contributed by atoms with E-state index in [0.717, 1.165) is 36.4 Å². The van der Waals surface area contributed by atoms with Gasteiger partial charge in [0.2, 0.25) is 0 Å². The van der Waals surface area contributed by atoms with Crippen molar-refractivity contribution in [1.82, 2.24) is 10.3 Å². The van der Waals surface area contributed by atoms with Crippen molar-refractivity contribution < 1.29 is 14.3 Å². The van der Waals surface area contributed by atoms with Crippen LogP contribution in [0.15, 0.2) is 48.7 Å². The molecule has 1 aromatic carbocycles. The molecular weight excluding hydrogens is 342 g/mol. The van der Waals surface area contributed by atoms with Crippen molar-refractivity contribution >= 4 is 11.7 Å². The molecule has 1 saturated heterocycles. The number of carbonyl (C=O) groups is 1. The van der Waals surface area contributed by atoms with Gasteiger partial charge in [0, 0.05) is 37.2 Å². The molecule has 1 aliphatic rings. The Labute approximate surface area is 160 Å². The molecule has 1 fully saturated rings. The number of benzene rings is 1. The van der Waals surface area contributed by atoms with Gasteiger partial charge in [-0.3, -0.25) is 4.98 Å². The van der Waals surface area contributed by atoms with E-state index in [9.17, 15) is 4.79 Å². The van der Waals surface area contributed by atoms with Gasteiger partial charge in [0.1, 0.15) is 0 Å². The van der Waals surface area contributed by atoms with Gasteiger partial charge in [0.15, 0.2) is 0 Å². The van der Waals surface area contributed by atoms with Crippen molar-refractivity contribution in [3.63, 3.8) is 0 Å². The first-order chi connectivity index (χ1) is 13.3. The summed E-state index contributed by atoms with van der Waals surface area (Å²) in [7, 11) is 0. The van der Waals surface area contributed by atoms with Gasteiger partial charge in [0.05, 0.1) is 19.3 Å². The topological polar surface area (TPSA) is 72.5 Å². The second-order valence-corrected chi connectivity index (χ2v) is 6.66. The number of hydrogen-bond donors (Lipinski definition) is 2. The molecule has 27 heavy (non-hydrogen) atoms. The van der Waals surface area contributed by atoms with E-state index in [1.54, 1.807) is 6.20 Å². The highest BCUT2D eigenvalue weighted by atomic mass is 16.5. The molecule has 1 atom stereocenters. The summed E-state index contributed by atoms with van der Waals surface area (Å²) in [6.45, 7) is 2.50. The van der Waals surface area contributed by atoms with Crippen LogP contribution in [-0.4, -0.2) is 36.9 Å². The largest absolute Gasteiger partial charge is 0.376 e. The van der Waals surface area contributed by atoms with Gasteiger partial charge in [-0.2, -0.15) is 0 Å². The average molecular weight is 369 g/mol. The fourth-order valence-corrected chi connectivity index (χ4v) is 3.01. The number of aromatic nitrogens is 1. The standard InChI is InChI=1S/C21H27N3O3/c25-21(23-12-10-18-7-1-3-11-22-18)24-19-8-5-6-17(14-19)15-26-16-20-9-2-4-13-27-20/h1,3,5-8,11,14,20H,2,4,9-10,12-13,15-16H2,(H2,23,24,25). The summed E-state index contributed by atoms with van der Waals surface area (Å²) in [5, 5.41) is 5.71. The average Bonchev–Trinajstić information content (AvgIpc) is 2.70. The maximum absolute atomic E-state index is 12.0. The predicted molar refractivity (Wildman–Crippen MR) is 105 cm³/mol. The van der Waals surface area contributed by atoms with Crippen LogP contribution in [0, 0.1) is 0 Å².